The van der Waals surface area contributed by atoms with Crippen LogP contribution >= 0.6 is 0 Å². The highest BCUT2D eigenvalue weighted by Crippen LogP contribution is 2.28. The topological polar surface area (TPSA) is 95.5 Å². The average molecular weight is 298 g/mol. The number of rotatable bonds is 7. The molecule has 0 bridgehead atoms. The number of hydrogen-bond acceptors (Lipinski definition) is 3. The normalized spacial score (nSPS) is 17.3. The molecule has 0 spiro atoms. The molecular formula is C15H26N2O4. The summed E-state index contributed by atoms with van der Waals surface area (Å²) in [7, 11) is 0. The van der Waals surface area contributed by atoms with Gasteiger partial charge in [0.05, 0.1) is 5.41 Å². The number of carbonyl (C=O) groups excluding carboxylic acids is 2. The van der Waals surface area contributed by atoms with Gasteiger partial charge in [0.1, 0.15) is 6.04 Å². The lowest BCUT2D eigenvalue weighted by Crippen LogP contribution is -2.50. The molecule has 0 aliphatic heterocycles. The van der Waals surface area contributed by atoms with E-state index in [1.54, 1.807) is 13.8 Å². The van der Waals surface area contributed by atoms with E-state index in [1.165, 1.54) is 6.92 Å². The van der Waals surface area contributed by atoms with E-state index in [0.717, 1.165) is 25.7 Å². The van der Waals surface area contributed by atoms with Crippen molar-refractivity contribution in [2.24, 2.45) is 11.3 Å². The van der Waals surface area contributed by atoms with Crippen molar-refractivity contribution >= 4 is 17.8 Å². The van der Waals surface area contributed by atoms with Gasteiger partial charge in [0.2, 0.25) is 11.8 Å². The smallest absolute Gasteiger partial charge is 0.309 e. The molecule has 2 amide bonds. The lowest BCUT2D eigenvalue weighted by molar-refractivity contribution is -0.147. The molecule has 1 aliphatic carbocycles. The number of nitrogens with one attached hydrogen (secondary N) is 2. The Morgan fingerprint density at radius 1 is 1.24 bits per heavy atom. The first-order valence-electron chi connectivity index (χ1n) is 7.52. The molecule has 1 unspecified atom stereocenters. The predicted molar refractivity (Wildman–Crippen MR) is 78.6 cm³/mol. The molecule has 0 radical (unpaired) electrons. The van der Waals surface area contributed by atoms with Gasteiger partial charge in [-0.2, -0.15) is 0 Å². The van der Waals surface area contributed by atoms with Crippen LogP contribution in [-0.2, 0) is 14.4 Å². The Labute approximate surface area is 125 Å². The van der Waals surface area contributed by atoms with Crippen LogP contribution in [0, 0.1) is 11.3 Å². The van der Waals surface area contributed by atoms with Gasteiger partial charge in [0, 0.05) is 13.5 Å². The molecule has 0 saturated heterocycles. The van der Waals surface area contributed by atoms with Crippen molar-refractivity contribution < 1.29 is 19.5 Å². The van der Waals surface area contributed by atoms with E-state index < -0.39 is 17.4 Å². The minimum atomic E-state index is -0.883. The highest BCUT2D eigenvalue weighted by atomic mass is 16.4. The Morgan fingerprint density at radius 2 is 1.81 bits per heavy atom. The Kier molecular flexibility index (Phi) is 6.18. The summed E-state index contributed by atoms with van der Waals surface area (Å²) in [6, 6.07) is -0.502. The second kappa shape index (κ2) is 7.43. The second-order valence-corrected chi connectivity index (χ2v) is 6.45. The van der Waals surface area contributed by atoms with E-state index in [4.69, 9.17) is 5.11 Å². The number of aliphatic carboxylic acids is 1. The first kappa shape index (κ1) is 17.5. The summed E-state index contributed by atoms with van der Waals surface area (Å²) in [5, 5.41) is 14.5. The molecule has 6 nitrogen and oxygen atoms in total. The minimum Gasteiger partial charge on any atom is -0.481 e. The summed E-state index contributed by atoms with van der Waals surface area (Å²) in [5.74, 6) is -1.13. The van der Waals surface area contributed by atoms with Crippen molar-refractivity contribution in [1.29, 1.82) is 0 Å². The van der Waals surface area contributed by atoms with Gasteiger partial charge >= 0.3 is 5.97 Å². The number of carboxylic acid groups (broad SMARTS) is 1. The Balaban J connectivity index is 2.52. The zero-order valence-corrected chi connectivity index (χ0v) is 13.1. The van der Waals surface area contributed by atoms with Crippen LogP contribution in [-0.4, -0.2) is 35.5 Å². The van der Waals surface area contributed by atoms with Crippen molar-refractivity contribution in [2.45, 2.75) is 58.9 Å². The molecule has 120 valence electrons. The summed E-state index contributed by atoms with van der Waals surface area (Å²) in [6.45, 7) is 4.96. The maximum Gasteiger partial charge on any atom is 0.309 e. The first-order chi connectivity index (χ1) is 9.74. The maximum atomic E-state index is 12.2. The zero-order chi connectivity index (χ0) is 16.0. The number of carboxylic acids is 1. The molecule has 0 aromatic rings. The SMILES string of the molecule is CC(=O)NC(C(=O)NCCC(C)(C)C(=O)O)C1CCCC1. The first-order valence-corrected chi connectivity index (χ1v) is 7.52. The summed E-state index contributed by atoms with van der Waals surface area (Å²) < 4.78 is 0. The van der Waals surface area contributed by atoms with E-state index in [-0.39, 0.29) is 17.7 Å². The van der Waals surface area contributed by atoms with Gasteiger partial charge in [-0.1, -0.05) is 12.8 Å². The van der Waals surface area contributed by atoms with Gasteiger partial charge in [-0.25, -0.2) is 0 Å². The molecule has 1 atom stereocenters. The largest absolute Gasteiger partial charge is 0.481 e. The molecule has 21 heavy (non-hydrogen) atoms. The lowest BCUT2D eigenvalue weighted by Gasteiger charge is -2.24. The predicted octanol–water partition coefficient (Wildman–Crippen LogP) is 1.30. The third-order valence-corrected chi connectivity index (χ3v) is 4.14. The second-order valence-electron chi connectivity index (χ2n) is 6.45. The Hall–Kier alpha value is -1.59. The average Bonchev–Trinajstić information content (AvgIpc) is 2.88. The number of hydrogen-bond donors (Lipinski definition) is 3. The van der Waals surface area contributed by atoms with Crippen LogP contribution in [0.25, 0.3) is 0 Å². The van der Waals surface area contributed by atoms with Gasteiger partial charge in [0.15, 0.2) is 0 Å². The molecule has 1 rings (SSSR count). The molecule has 0 aromatic carbocycles. The fraction of sp³-hybridized carbons (Fsp3) is 0.800. The van der Waals surface area contributed by atoms with E-state index in [1.807, 2.05) is 0 Å². The van der Waals surface area contributed by atoms with Crippen molar-refractivity contribution in [3.63, 3.8) is 0 Å². The highest BCUT2D eigenvalue weighted by Gasteiger charge is 2.32. The van der Waals surface area contributed by atoms with E-state index >= 15 is 0 Å². The molecule has 1 fully saturated rings. The van der Waals surface area contributed by atoms with Crippen molar-refractivity contribution in [1.82, 2.24) is 10.6 Å². The highest BCUT2D eigenvalue weighted by molar-refractivity contribution is 5.87. The monoisotopic (exact) mass is 298 g/mol. The Morgan fingerprint density at radius 3 is 2.29 bits per heavy atom. The molecular weight excluding hydrogens is 272 g/mol. The Bertz CT molecular complexity index is 400. The molecule has 1 saturated carbocycles. The number of amides is 2. The zero-order valence-electron chi connectivity index (χ0n) is 13.1. The summed E-state index contributed by atoms with van der Waals surface area (Å²) in [4.78, 5) is 34.5. The van der Waals surface area contributed by atoms with E-state index in [2.05, 4.69) is 10.6 Å². The summed E-state index contributed by atoms with van der Waals surface area (Å²) in [5.41, 5.74) is -0.871. The molecule has 0 aromatic heterocycles. The fourth-order valence-electron chi connectivity index (χ4n) is 2.62. The van der Waals surface area contributed by atoms with Gasteiger partial charge < -0.3 is 15.7 Å². The van der Waals surface area contributed by atoms with Crippen LogP contribution in [0.4, 0.5) is 0 Å². The molecule has 1 aliphatic rings. The van der Waals surface area contributed by atoms with Crippen molar-refractivity contribution in [3.05, 3.63) is 0 Å². The summed E-state index contributed by atoms with van der Waals surface area (Å²) >= 11 is 0. The van der Waals surface area contributed by atoms with Crippen LogP contribution in [0.5, 0.6) is 0 Å². The van der Waals surface area contributed by atoms with Gasteiger partial charge in [-0.05, 0) is 39.0 Å². The molecule has 0 heterocycles. The maximum absolute atomic E-state index is 12.2. The third kappa shape index (κ3) is 5.36. The van der Waals surface area contributed by atoms with Crippen LogP contribution < -0.4 is 10.6 Å². The van der Waals surface area contributed by atoms with Crippen LogP contribution in [0.2, 0.25) is 0 Å². The van der Waals surface area contributed by atoms with Gasteiger partial charge in [-0.3, -0.25) is 14.4 Å². The standard InChI is InChI=1S/C15H26N2O4/c1-10(18)17-12(11-6-4-5-7-11)13(19)16-9-8-15(2,3)14(20)21/h11-12H,4-9H2,1-3H3,(H,16,19)(H,17,18)(H,20,21). The summed E-state index contributed by atoms with van der Waals surface area (Å²) in [6.07, 6.45) is 4.41. The van der Waals surface area contributed by atoms with Crippen LogP contribution in [0.3, 0.4) is 0 Å². The minimum absolute atomic E-state index is 0.182. The number of carbonyl (C=O) groups is 3. The third-order valence-electron chi connectivity index (χ3n) is 4.14. The van der Waals surface area contributed by atoms with Gasteiger partial charge in [0.25, 0.3) is 0 Å². The quantitative estimate of drug-likeness (QED) is 0.660. The van der Waals surface area contributed by atoms with Crippen molar-refractivity contribution in [2.75, 3.05) is 6.54 Å². The van der Waals surface area contributed by atoms with E-state index in [9.17, 15) is 14.4 Å². The van der Waals surface area contributed by atoms with Gasteiger partial charge in [-0.15, -0.1) is 0 Å². The molecule has 6 heteroatoms. The fourth-order valence-corrected chi connectivity index (χ4v) is 2.62. The van der Waals surface area contributed by atoms with E-state index in [0.29, 0.717) is 13.0 Å². The lowest BCUT2D eigenvalue weighted by atomic mass is 9.89. The van der Waals surface area contributed by atoms with Crippen LogP contribution in [0.1, 0.15) is 52.9 Å². The van der Waals surface area contributed by atoms with Crippen LogP contribution in [0.15, 0.2) is 0 Å². The molecule has 3 N–H and O–H groups in total. The van der Waals surface area contributed by atoms with Crippen molar-refractivity contribution in [3.8, 4) is 0 Å².